The van der Waals surface area contributed by atoms with E-state index in [1.54, 1.807) is 19.2 Å². The fourth-order valence-corrected chi connectivity index (χ4v) is 1.53. The Morgan fingerprint density at radius 2 is 1.87 bits per heavy atom. The zero-order chi connectivity index (χ0) is 10.8. The Bertz CT molecular complexity index is 504. The first-order chi connectivity index (χ1) is 7.26. The van der Waals surface area contributed by atoms with Gasteiger partial charge in [-0.2, -0.15) is 0 Å². The lowest BCUT2D eigenvalue weighted by atomic mass is 10.1. The van der Waals surface area contributed by atoms with Gasteiger partial charge in [0.15, 0.2) is 5.43 Å². The molecule has 0 N–H and O–H groups in total. The van der Waals surface area contributed by atoms with Gasteiger partial charge in [-0.1, -0.05) is 0 Å². The molecule has 0 spiro atoms. The smallest absolute Gasteiger partial charge is 0.227 e. The quantitative estimate of drug-likeness (QED) is 0.735. The van der Waals surface area contributed by atoms with E-state index in [0.717, 1.165) is 5.56 Å². The van der Waals surface area contributed by atoms with Gasteiger partial charge in [-0.05, 0) is 18.2 Å². The Morgan fingerprint density at radius 3 is 2.53 bits per heavy atom. The van der Waals surface area contributed by atoms with Crippen molar-refractivity contribution in [2.75, 3.05) is 14.2 Å². The number of nitrogens with zero attached hydrogens (tertiary/aromatic N) is 1. The molecule has 0 saturated carbocycles. The van der Waals surface area contributed by atoms with Gasteiger partial charge < -0.3 is 9.57 Å². The standard InChI is InChI=1S/C11H11NO3/c1-14-11-6-4-8-3-5-9(13)7-10(8)12(11)15-2/h3-7H,1-2H3. The largest absolute Gasteiger partial charge is 0.480 e. The van der Waals surface area contributed by atoms with Gasteiger partial charge in [0.1, 0.15) is 7.11 Å². The van der Waals surface area contributed by atoms with Crippen LogP contribution in [0.1, 0.15) is 0 Å². The van der Waals surface area contributed by atoms with Gasteiger partial charge in [-0.15, -0.1) is 4.73 Å². The van der Waals surface area contributed by atoms with Crippen LogP contribution in [0.3, 0.4) is 0 Å². The number of pyridine rings is 1. The maximum absolute atomic E-state index is 11.2. The molecule has 78 valence electrons. The molecule has 0 saturated heterocycles. The minimum Gasteiger partial charge on any atom is -0.480 e. The molecule has 0 aromatic carbocycles. The molecule has 1 heterocycles. The highest BCUT2D eigenvalue weighted by molar-refractivity contribution is 5.61. The van der Waals surface area contributed by atoms with E-state index in [1.807, 2.05) is 6.07 Å². The van der Waals surface area contributed by atoms with Crippen LogP contribution in [0.5, 0.6) is 5.88 Å². The van der Waals surface area contributed by atoms with Gasteiger partial charge in [0.25, 0.3) is 0 Å². The SMILES string of the molecule is COc1ccc2ccc(=O)cc-2n1OC. The maximum atomic E-state index is 11.2. The molecule has 1 aliphatic carbocycles. The summed E-state index contributed by atoms with van der Waals surface area (Å²) in [5.74, 6) is 0.551. The zero-order valence-electron chi connectivity index (χ0n) is 8.56. The Kier molecular flexibility index (Phi) is 2.33. The Hall–Kier alpha value is -1.97. The lowest BCUT2D eigenvalue weighted by Gasteiger charge is -2.16. The monoisotopic (exact) mass is 205 g/mol. The molecule has 2 rings (SSSR count). The fourth-order valence-electron chi connectivity index (χ4n) is 1.53. The average Bonchev–Trinajstić information content (AvgIpc) is 2.27. The molecular formula is C11H11NO3. The van der Waals surface area contributed by atoms with Gasteiger partial charge in [-0.25, -0.2) is 0 Å². The van der Waals surface area contributed by atoms with Crippen molar-refractivity contribution in [3.63, 3.8) is 0 Å². The van der Waals surface area contributed by atoms with Crippen molar-refractivity contribution in [2.45, 2.75) is 0 Å². The van der Waals surface area contributed by atoms with Crippen molar-refractivity contribution in [1.82, 2.24) is 4.73 Å². The summed E-state index contributed by atoms with van der Waals surface area (Å²) in [5, 5.41) is 0. The first-order valence-electron chi connectivity index (χ1n) is 4.50. The third-order valence-corrected chi connectivity index (χ3v) is 2.22. The van der Waals surface area contributed by atoms with E-state index in [9.17, 15) is 4.79 Å². The second-order valence-electron chi connectivity index (χ2n) is 3.07. The molecule has 15 heavy (non-hydrogen) atoms. The normalized spacial score (nSPS) is 10.3. The van der Waals surface area contributed by atoms with Gasteiger partial charge in [-0.3, -0.25) is 4.79 Å². The third kappa shape index (κ3) is 1.54. The van der Waals surface area contributed by atoms with Crippen LogP contribution in [0.25, 0.3) is 11.3 Å². The van der Waals surface area contributed by atoms with Gasteiger partial charge >= 0.3 is 0 Å². The molecule has 0 amide bonds. The molecular weight excluding hydrogens is 194 g/mol. The van der Waals surface area contributed by atoms with Crippen molar-refractivity contribution in [1.29, 1.82) is 0 Å². The van der Waals surface area contributed by atoms with Gasteiger partial charge in [0.2, 0.25) is 5.88 Å². The molecule has 4 heteroatoms. The summed E-state index contributed by atoms with van der Waals surface area (Å²) in [6.45, 7) is 0. The summed E-state index contributed by atoms with van der Waals surface area (Å²) in [7, 11) is 3.08. The summed E-state index contributed by atoms with van der Waals surface area (Å²) in [6.07, 6.45) is 0. The van der Waals surface area contributed by atoms with Crippen LogP contribution in [0.2, 0.25) is 0 Å². The summed E-state index contributed by atoms with van der Waals surface area (Å²) < 4.78 is 6.60. The van der Waals surface area contributed by atoms with Crippen molar-refractivity contribution in [3.8, 4) is 17.1 Å². The number of rotatable bonds is 2. The second-order valence-corrected chi connectivity index (χ2v) is 3.07. The lowest BCUT2D eigenvalue weighted by molar-refractivity contribution is 0.140. The Morgan fingerprint density at radius 1 is 1.13 bits per heavy atom. The molecule has 0 aromatic rings. The van der Waals surface area contributed by atoms with Crippen molar-refractivity contribution < 1.29 is 9.57 Å². The molecule has 0 radical (unpaired) electrons. The van der Waals surface area contributed by atoms with Crippen molar-refractivity contribution in [2.24, 2.45) is 0 Å². The van der Waals surface area contributed by atoms with E-state index < -0.39 is 0 Å². The highest BCUT2D eigenvalue weighted by Crippen LogP contribution is 2.24. The molecule has 4 nitrogen and oxygen atoms in total. The number of hydrogen-bond donors (Lipinski definition) is 0. The number of benzene rings is 1. The minimum atomic E-state index is -0.0541. The van der Waals surface area contributed by atoms with Crippen LogP contribution in [-0.2, 0) is 0 Å². The van der Waals surface area contributed by atoms with E-state index in [1.165, 1.54) is 24.0 Å². The van der Waals surface area contributed by atoms with E-state index in [4.69, 9.17) is 9.57 Å². The molecule has 0 fully saturated rings. The summed E-state index contributed by atoms with van der Waals surface area (Å²) in [6, 6.07) is 8.46. The zero-order valence-corrected chi connectivity index (χ0v) is 8.56. The van der Waals surface area contributed by atoms with Crippen LogP contribution >= 0.6 is 0 Å². The van der Waals surface area contributed by atoms with Crippen molar-refractivity contribution in [3.05, 3.63) is 40.6 Å². The Balaban J connectivity index is 2.79. The first-order valence-corrected chi connectivity index (χ1v) is 4.50. The number of hydrogen-bond acceptors (Lipinski definition) is 3. The predicted molar refractivity (Wildman–Crippen MR) is 56.4 cm³/mol. The third-order valence-electron chi connectivity index (χ3n) is 2.22. The minimum absolute atomic E-state index is 0.0541. The van der Waals surface area contributed by atoms with Gasteiger partial charge in [0.05, 0.1) is 12.8 Å². The van der Waals surface area contributed by atoms with Crippen LogP contribution < -0.4 is 15.0 Å². The maximum Gasteiger partial charge on any atom is 0.227 e. The molecule has 0 atom stereocenters. The van der Waals surface area contributed by atoms with Crippen LogP contribution in [0.15, 0.2) is 35.1 Å². The molecule has 1 aliphatic heterocycles. The van der Waals surface area contributed by atoms with Crippen molar-refractivity contribution >= 4 is 0 Å². The summed E-state index contributed by atoms with van der Waals surface area (Å²) >= 11 is 0. The predicted octanol–water partition coefficient (Wildman–Crippen LogP) is 1.02. The van der Waals surface area contributed by atoms with E-state index in [2.05, 4.69) is 0 Å². The van der Waals surface area contributed by atoms with Crippen LogP contribution in [0, 0.1) is 0 Å². The van der Waals surface area contributed by atoms with E-state index in [-0.39, 0.29) is 5.43 Å². The number of aromatic nitrogens is 1. The lowest BCUT2D eigenvalue weighted by Crippen LogP contribution is -2.15. The highest BCUT2D eigenvalue weighted by Gasteiger charge is 2.11. The fraction of sp³-hybridized carbons (Fsp3) is 0.182. The topological polar surface area (TPSA) is 40.5 Å². The summed E-state index contributed by atoms with van der Waals surface area (Å²) in [5.41, 5.74) is 1.57. The average molecular weight is 205 g/mol. The van der Waals surface area contributed by atoms with E-state index >= 15 is 0 Å². The number of ether oxygens (including phenoxy) is 1. The first kappa shape index (κ1) is 9.58. The molecule has 0 unspecified atom stereocenters. The molecule has 0 aromatic heterocycles. The Labute approximate surface area is 87.0 Å². The van der Waals surface area contributed by atoms with Gasteiger partial charge in [0, 0.05) is 17.7 Å². The van der Waals surface area contributed by atoms with Crippen LogP contribution in [0.4, 0.5) is 0 Å². The molecule has 2 aliphatic rings. The second kappa shape index (κ2) is 3.65. The van der Waals surface area contributed by atoms with Crippen LogP contribution in [-0.4, -0.2) is 19.0 Å². The summed E-state index contributed by atoms with van der Waals surface area (Å²) in [4.78, 5) is 16.4. The van der Waals surface area contributed by atoms with E-state index in [0.29, 0.717) is 11.6 Å². The highest BCUT2D eigenvalue weighted by atomic mass is 16.7. The molecule has 0 bridgehead atoms. The number of fused-ring (bicyclic) bond motifs is 1. The number of methoxy groups -OCH3 is 1.